The Morgan fingerprint density at radius 2 is 2.22 bits per heavy atom. The lowest BCUT2D eigenvalue weighted by molar-refractivity contribution is -0.141. The zero-order valence-electron chi connectivity index (χ0n) is 13.7. The molecule has 1 unspecified atom stereocenters. The molecule has 0 bridgehead atoms. The number of carboxylic acid groups (broad SMARTS) is 1. The Kier molecular flexibility index (Phi) is 5.84. The molecule has 6 heteroatoms. The maximum Gasteiger partial charge on any atom is 0.321 e. The summed E-state index contributed by atoms with van der Waals surface area (Å²) >= 11 is 0. The van der Waals surface area contributed by atoms with E-state index in [4.69, 9.17) is 9.84 Å². The van der Waals surface area contributed by atoms with Crippen LogP contribution in [0.4, 0.5) is 10.5 Å². The summed E-state index contributed by atoms with van der Waals surface area (Å²) in [7, 11) is 0. The van der Waals surface area contributed by atoms with Gasteiger partial charge in [-0.05, 0) is 43.5 Å². The Hall–Kier alpha value is -2.24. The van der Waals surface area contributed by atoms with Crippen LogP contribution in [0.15, 0.2) is 18.2 Å². The summed E-state index contributed by atoms with van der Waals surface area (Å²) in [6.07, 6.45) is 2.60. The van der Waals surface area contributed by atoms with Crippen molar-refractivity contribution in [2.24, 2.45) is 5.92 Å². The van der Waals surface area contributed by atoms with E-state index in [-0.39, 0.29) is 12.6 Å². The van der Waals surface area contributed by atoms with E-state index in [1.165, 1.54) is 0 Å². The van der Waals surface area contributed by atoms with Crippen molar-refractivity contribution in [1.82, 2.24) is 4.90 Å². The molecule has 1 atom stereocenters. The molecular weight excluding hydrogens is 296 g/mol. The minimum absolute atomic E-state index is 0.253. The van der Waals surface area contributed by atoms with Gasteiger partial charge >= 0.3 is 12.0 Å². The SMILES string of the molecule is CCCCOc1ccc(NC(=O)N2CCC(C(=O)O)C2)c(C)c1. The van der Waals surface area contributed by atoms with Gasteiger partial charge in [-0.25, -0.2) is 4.79 Å². The Morgan fingerprint density at radius 1 is 1.43 bits per heavy atom. The first-order valence-electron chi connectivity index (χ1n) is 8.03. The predicted octanol–water partition coefficient (Wildman–Crippen LogP) is 3.11. The number of anilines is 1. The molecule has 0 aliphatic carbocycles. The number of urea groups is 1. The fourth-order valence-electron chi connectivity index (χ4n) is 2.54. The number of ether oxygens (including phenoxy) is 1. The summed E-state index contributed by atoms with van der Waals surface area (Å²) in [6, 6.07) is 5.30. The fraction of sp³-hybridized carbons (Fsp3) is 0.529. The Labute approximate surface area is 136 Å². The van der Waals surface area contributed by atoms with E-state index >= 15 is 0 Å². The average molecular weight is 320 g/mol. The number of hydrogen-bond acceptors (Lipinski definition) is 3. The van der Waals surface area contributed by atoms with Gasteiger partial charge in [-0.2, -0.15) is 0 Å². The summed E-state index contributed by atoms with van der Waals surface area (Å²) < 4.78 is 5.64. The van der Waals surface area contributed by atoms with Gasteiger partial charge in [-0.1, -0.05) is 13.3 Å². The van der Waals surface area contributed by atoms with E-state index in [2.05, 4.69) is 12.2 Å². The number of carboxylic acids is 1. The maximum atomic E-state index is 12.2. The normalized spacial score (nSPS) is 17.1. The fourth-order valence-corrected chi connectivity index (χ4v) is 2.54. The molecule has 6 nitrogen and oxygen atoms in total. The van der Waals surface area contributed by atoms with Gasteiger partial charge in [-0.3, -0.25) is 4.79 Å². The number of rotatable bonds is 6. The molecule has 1 heterocycles. The van der Waals surface area contributed by atoms with Gasteiger partial charge in [0.15, 0.2) is 0 Å². The molecule has 2 rings (SSSR count). The third kappa shape index (κ3) is 4.61. The zero-order valence-corrected chi connectivity index (χ0v) is 13.7. The van der Waals surface area contributed by atoms with Crippen LogP contribution in [-0.2, 0) is 4.79 Å². The van der Waals surface area contributed by atoms with Crippen LogP contribution in [-0.4, -0.2) is 41.7 Å². The lowest BCUT2D eigenvalue weighted by Crippen LogP contribution is -2.34. The number of carbonyl (C=O) groups excluding carboxylic acids is 1. The van der Waals surface area contributed by atoms with Crippen molar-refractivity contribution in [3.05, 3.63) is 23.8 Å². The summed E-state index contributed by atoms with van der Waals surface area (Å²) in [6.45, 7) is 5.44. The minimum atomic E-state index is -0.843. The van der Waals surface area contributed by atoms with E-state index in [0.717, 1.165) is 29.8 Å². The molecule has 126 valence electrons. The molecule has 0 saturated carbocycles. The van der Waals surface area contributed by atoms with Gasteiger partial charge in [-0.15, -0.1) is 0 Å². The topological polar surface area (TPSA) is 78.9 Å². The smallest absolute Gasteiger partial charge is 0.321 e. The van der Waals surface area contributed by atoms with Crippen molar-refractivity contribution < 1.29 is 19.4 Å². The van der Waals surface area contributed by atoms with Crippen molar-refractivity contribution in [2.75, 3.05) is 25.0 Å². The van der Waals surface area contributed by atoms with Crippen molar-refractivity contribution in [2.45, 2.75) is 33.1 Å². The number of aryl methyl sites for hydroxylation is 1. The molecule has 1 saturated heterocycles. The molecular formula is C17H24N2O4. The van der Waals surface area contributed by atoms with Gasteiger partial charge in [0.1, 0.15) is 5.75 Å². The van der Waals surface area contributed by atoms with Gasteiger partial charge < -0.3 is 20.1 Å². The molecule has 2 amide bonds. The molecule has 1 aromatic rings. The molecule has 0 radical (unpaired) electrons. The molecule has 23 heavy (non-hydrogen) atoms. The maximum absolute atomic E-state index is 12.2. The first-order chi connectivity index (χ1) is 11.0. The van der Waals surface area contributed by atoms with Crippen LogP contribution in [0.3, 0.4) is 0 Å². The summed E-state index contributed by atoms with van der Waals surface area (Å²) in [4.78, 5) is 24.7. The van der Waals surface area contributed by atoms with Gasteiger partial charge in [0.2, 0.25) is 0 Å². The van der Waals surface area contributed by atoms with Crippen molar-refractivity contribution in [3.8, 4) is 5.75 Å². The monoisotopic (exact) mass is 320 g/mol. The van der Waals surface area contributed by atoms with Crippen LogP contribution in [0.2, 0.25) is 0 Å². The third-order valence-corrected chi connectivity index (χ3v) is 4.03. The number of aliphatic carboxylic acids is 1. The summed E-state index contributed by atoms with van der Waals surface area (Å²) in [5.41, 5.74) is 1.64. The molecule has 0 spiro atoms. The number of nitrogens with one attached hydrogen (secondary N) is 1. The lowest BCUT2D eigenvalue weighted by atomic mass is 10.1. The van der Waals surface area contributed by atoms with Crippen molar-refractivity contribution in [1.29, 1.82) is 0 Å². The summed E-state index contributed by atoms with van der Waals surface area (Å²) in [5.74, 6) is -0.512. The number of unbranched alkanes of at least 4 members (excludes halogenated alkanes) is 1. The number of carbonyl (C=O) groups is 2. The lowest BCUT2D eigenvalue weighted by Gasteiger charge is -2.18. The average Bonchev–Trinajstić information content (AvgIpc) is 3.00. The molecule has 0 aromatic heterocycles. The minimum Gasteiger partial charge on any atom is -0.494 e. The Morgan fingerprint density at radius 3 is 2.83 bits per heavy atom. The second kappa shape index (κ2) is 7.85. The predicted molar refractivity (Wildman–Crippen MR) is 87.9 cm³/mol. The summed E-state index contributed by atoms with van der Waals surface area (Å²) in [5, 5.41) is 11.8. The van der Waals surface area contributed by atoms with E-state index < -0.39 is 11.9 Å². The first-order valence-corrected chi connectivity index (χ1v) is 8.03. The van der Waals surface area contributed by atoms with E-state index in [0.29, 0.717) is 19.6 Å². The third-order valence-electron chi connectivity index (χ3n) is 4.03. The highest BCUT2D eigenvalue weighted by Gasteiger charge is 2.30. The Bertz CT molecular complexity index is 574. The zero-order chi connectivity index (χ0) is 16.8. The van der Waals surface area contributed by atoms with Gasteiger partial charge in [0, 0.05) is 18.8 Å². The number of nitrogens with zero attached hydrogens (tertiary/aromatic N) is 1. The number of amides is 2. The quantitative estimate of drug-likeness (QED) is 0.789. The van der Waals surface area contributed by atoms with Crippen molar-refractivity contribution in [3.63, 3.8) is 0 Å². The highest BCUT2D eigenvalue weighted by molar-refractivity contribution is 5.91. The van der Waals surface area contributed by atoms with E-state index in [1.807, 2.05) is 25.1 Å². The molecule has 1 aliphatic heterocycles. The van der Waals surface area contributed by atoms with Gasteiger partial charge in [0.25, 0.3) is 0 Å². The number of hydrogen-bond donors (Lipinski definition) is 2. The number of likely N-dealkylation sites (tertiary alicyclic amines) is 1. The molecule has 1 aromatic carbocycles. The largest absolute Gasteiger partial charge is 0.494 e. The van der Waals surface area contributed by atoms with Crippen LogP contribution in [0.5, 0.6) is 5.75 Å². The van der Waals surface area contributed by atoms with Crippen LogP contribution < -0.4 is 10.1 Å². The van der Waals surface area contributed by atoms with Crippen LogP contribution >= 0.6 is 0 Å². The number of benzene rings is 1. The molecule has 1 fully saturated rings. The Balaban J connectivity index is 1.92. The van der Waals surface area contributed by atoms with Crippen molar-refractivity contribution >= 4 is 17.7 Å². The van der Waals surface area contributed by atoms with Crippen LogP contribution in [0.25, 0.3) is 0 Å². The molecule has 2 N–H and O–H groups in total. The second-order valence-corrected chi connectivity index (χ2v) is 5.88. The second-order valence-electron chi connectivity index (χ2n) is 5.88. The van der Waals surface area contributed by atoms with Gasteiger partial charge in [0.05, 0.1) is 12.5 Å². The van der Waals surface area contributed by atoms with Crippen LogP contribution in [0, 0.1) is 12.8 Å². The van der Waals surface area contributed by atoms with E-state index in [9.17, 15) is 9.59 Å². The van der Waals surface area contributed by atoms with E-state index in [1.54, 1.807) is 4.90 Å². The highest BCUT2D eigenvalue weighted by Crippen LogP contribution is 2.23. The highest BCUT2D eigenvalue weighted by atomic mass is 16.5. The van der Waals surface area contributed by atoms with Crippen LogP contribution in [0.1, 0.15) is 31.7 Å². The first kappa shape index (κ1) is 17.1. The standard InChI is InChI=1S/C17H24N2O4/c1-3-4-9-23-14-5-6-15(12(2)10-14)18-17(22)19-8-7-13(11-19)16(20)21/h5-6,10,13H,3-4,7-9,11H2,1-2H3,(H,18,22)(H,20,21). The molecule has 1 aliphatic rings.